The molecule has 1 unspecified atom stereocenters. The fraction of sp³-hybridized carbons (Fsp3) is 0.538. The molecule has 18 heavy (non-hydrogen) atoms. The minimum Gasteiger partial charge on any atom is -0.389 e. The van der Waals surface area contributed by atoms with E-state index in [0.717, 1.165) is 24.5 Å². The Hall–Kier alpha value is -1.20. The van der Waals surface area contributed by atoms with Crippen LogP contribution in [0.1, 0.15) is 18.4 Å². The third-order valence-electron chi connectivity index (χ3n) is 3.28. The first kappa shape index (κ1) is 13.2. The highest BCUT2D eigenvalue weighted by molar-refractivity contribution is 7.80. The van der Waals surface area contributed by atoms with Gasteiger partial charge in [0.05, 0.1) is 5.56 Å². The molecule has 1 aliphatic rings. The molecule has 1 saturated heterocycles. The van der Waals surface area contributed by atoms with E-state index in [2.05, 4.69) is 28.9 Å². The Labute approximate surface area is 114 Å². The number of pyridine rings is 1. The van der Waals surface area contributed by atoms with Crippen molar-refractivity contribution in [1.82, 2.24) is 9.88 Å². The highest BCUT2D eigenvalue weighted by atomic mass is 32.1. The summed E-state index contributed by atoms with van der Waals surface area (Å²) in [7, 11) is 4.20. The average molecular weight is 264 g/mol. The highest BCUT2D eigenvalue weighted by Gasteiger charge is 2.27. The van der Waals surface area contributed by atoms with Gasteiger partial charge in [0.25, 0.3) is 0 Å². The van der Waals surface area contributed by atoms with E-state index in [1.165, 1.54) is 12.8 Å². The van der Waals surface area contributed by atoms with Gasteiger partial charge in [-0.3, -0.25) is 0 Å². The fourth-order valence-electron chi connectivity index (χ4n) is 2.54. The summed E-state index contributed by atoms with van der Waals surface area (Å²) in [5.74, 6) is 0.939. The molecule has 0 aromatic carbocycles. The number of rotatable bonds is 4. The summed E-state index contributed by atoms with van der Waals surface area (Å²) in [4.78, 5) is 9.46. The van der Waals surface area contributed by atoms with Gasteiger partial charge < -0.3 is 15.5 Å². The summed E-state index contributed by atoms with van der Waals surface area (Å²) < 4.78 is 0. The highest BCUT2D eigenvalue weighted by Crippen LogP contribution is 2.26. The lowest BCUT2D eigenvalue weighted by atomic mass is 10.2. The Morgan fingerprint density at radius 3 is 3.06 bits per heavy atom. The SMILES string of the molecule is CN(C)CC1CCCN1c1ncccc1C(N)=S. The molecule has 5 heteroatoms. The van der Waals surface area contributed by atoms with E-state index in [4.69, 9.17) is 18.0 Å². The number of likely N-dealkylation sites (N-methyl/N-ethyl adjacent to an activating group) is 1. The van der Waals surface area contributed by atoms with E-state index >= 15 is 0 Å². The van der Waals surface area contributed by atoms with Crippen molar-refractivity contribution in [2.24, 2.45) is 5.73 Å². The molecule has 2 N–H and O–H groups in total. The largest absolute Gasteiger partial charge is 0.389 e. The van der Waals surface area contributed by atoms with Crippen LogP contribution in [0.3, 0.4) is 0 Å². The Kier molecular flexibility index (Phi) is 4.14. The van der Waals surface area contributed by atoms with E-state index in [1.54, 1.807) is 0 Å². The van der Waals surface area contributed by atoms with E-state index < -0.39 is 0 Å². The van der Waals surface area contributed by atoms with E-state index in [9.17, 15) is 0 Å². The summed E-state index contributed by atoms with van der Waals surface area (Å²) in [5, 5.41) is 0. The molecule has 0 spiro atoms. The van der Waals surface area contributed by atoms with Crippen LogP contribution in [0.2, 0.25) is 0 Å². The van der Waals surface area contributed by atoms with Gasteiger partial charge in [0.2, 0.25) is 0 Å². The van der Waals surface area contributed by atoms with Gasteiger partial charge in [-0.25, -0.2) is 4.98 Å². The lowest BCUT2D eigenvalue weighted by molar-refractivity contribution is 0.371. The van der Waals surface area contributed by atoms with Gasteiger partial charge in [0, 0.05) is 25.3 Å². The summed E-state index contributed by atoms with van der Waals surface area (Å²) >= 11 is 5.11. The number of nitrogens with zero attached hydrogens (tertiary/aromatic N) is 3. The maximum atomic E-state index is 5.78. The Bertz CT molecular complexity index is 433. The Morgan fingerprint density at radius 1 is 1.61 bits per heavy atom. The molecule has 4 nitrogen and oxygen atoms in total. The monoisotopic (exact) mass is 264 g/mol. The molecule has 0 saturated carbocycles. The van der Waals surface area contributed by atoms with Crippen molar-refractivity contribution in [1.29, 1.82) is 0 Å². The second-order valence-electron chi connectivity index (χ2n) is 4.99. The first-order valence-electron chi connectivity index (χ1n) is 6.26. The number of nitrogens with two attached hydrogens (primary N) is 1. The molecule has 1 aromatic rings. The molecule has 1 fully saturated rings. The van der Waals surface area contributed by atoms with Gasteiger partial charge >= 0.3 is 0 Å². The molecule has 2 heterocycles. The van der Waals surface area contributed by atoms with Crippen molar-refractivity contribution < 1.29 is 0 Å². The van der Waals surface area contributed by atoms with Crippen molar-refractivity contribution in [3.8, 4) is 0 Å². The normalized spacial score (nSPS) is 19.5. The van der Waals surface area contributed by atoms with Crippen LogP contribution >= 0.6 is 12.2 Å². The second-order valence-corrected chi connectivity index (χ2v) is 5.43. The van der Waals surface area contributed by atoms with Gasteiger partial charge in [-0.2, -0.15) is 0 Å². The zero-order chi connectivity index (χ0) is 13.1. The molecule has 0 bridgehead atoms. The van der Waals surface area contributed by atoms with Crippen LogP contribution < -0.4 is 10.6 Å². The van der Waals surface area contributed by atoms with Crippen molar-refractivity contribution in [3.05, 3.63) is 23.9 Å². The van der Waals surface area contributed by atoms with Crippen molar-refractivity contribution in [2.45, 2.75) is 18.9 Å². The molecule has 98 valence electrons. The molecule has 1 aliphatic heterocycles. The van der Waals surface area contributed by atoms with Gasteiger partial charge in [0.15, 0.2) is 0 Å². The summed E-state index contributed by atoms with van der Waals surface area (Å²) in [6.07, 6.45) is 4.21. The molecular weight excluding hydrogens is 244 g/mol. The predicted molar refractivity (Wildman–Crippen MR) is 79.0 cm³/mol. The van der Waals surface area contributed by atoms with Crippen LogP contribution in [0.5, 0.6) is 0 Å². The summed E-state index contributed by atoms with van der Waals surface area (Å²) in [6.45, 7) is 2.07. The van der Waals surface area contributed by atoms with Crippen LogP contribution in [-0.4, -0.2) is 48.1 Å². The van der Waals surface area contributed by atoms with Gasteiger partial charge in [-0.1, -0.05) is 12.2 Å². The molecule has 0 aliphatic carbocycles. The second kappa shape index (κ2) is 5.63. The Morgan fingerprint density at radius 2 is 2.39 bits per heavy atom. The van der Waals surface area contributed by atoms with Gasteiger partial charge in [-0.05, 0) is 39.1 Å². The number of hydrogen-bond donors (Lipinski definition) is 1. The van der Waals surface area contributed by atoms with Crippen molar-refractivity contribution in [2.75, 3.05) is 32.1 Å². The van der Waals surface area contributed by atoms with Crippen LogP contribution in [-0.2, 0) is 0 Å². The quantitative estimate of drug-likeness (QED) is 0.829. The van der Waals surface area contributed by atoms with Crippen molar-refractivity contribution in [3.63, 3.8) is 0 Å². The number of hydrogen-bond acceptors (Lipinski definition) is 4. The zero-order valence-electron chi connectivity index (χ0n) is 11.0. The maximum Gasteiger partial charge on any atom is 0.139 e. The summed E-state index contributed by atoms with van der Waals surface area (Å²) in [5.41, 5.74) is 6.67. The number of anilines is 1. The standard InChI is InChI=1S/C13H20N4S/c1-16(2)9-10-5-4-8-17(10)13-11(12(14)18)6-3-7-15-13/h3,6-7,10H,4-5,8-9H2,1-2H3,(H2,14,18). The Balaban J connectivity index is 2.27. The van der Waals surface area contributed by atoms with Gasteiger partial charge in [-0.15, -0.1) is 0 Å². The third-order valence-corrected chi connectivity index (χ3v) is 3.50. The molecular formula is C13H20N4S. The zero-order valence-corrected chi connectivity index (χ0v) is 11.8. The van der Waals surface area contributed by atoms with Crippen molar-refractivity contribution >= 4 is 23.0 Å². The molecule has 0 amide bonds. The topological polar surface area (TPSA) is 45.4 Å². The van der Waals surface area contributed by atoms with Crippen LogP contribution in [0.25, 0.3) is 0 Å². The predicted octanol–water partition coefficient (Wildman–Crippen LogP) is 1.25. The lowest BCUT2D eigenvalue weighted by Crippen LogP contribution is -2.39. The number of thiocarbonyl (C=S) groups is 1. The molecule has 1 atom stereocenters. The first-order valence-corrected chi connectivity index (χ1v) is 6.66. The number of aromatic nitrogens is 1. The summed E-state index contributed by atoms with van der Waals surface area (Å²) in [6, 6.07) is 4.34. The molecule has 2 rings (SSSR count). The lowest BCUT2D eigenvalue weighted by Gasteiger charge is -2.29. The maximum absolute atomic E-state index is 5.78. The van der Waals surface area contributed by atoms with Crippen LogP contribution in [0.4, 0.5) is 5.82 Å². The first-order chi connectivity index (χ1) is 8.59. The van der Waals surface area contributed by atoms with Crippen LogP contribution in [0, 0.1) is 0 Å². The third kappa shape index (κ3) is 2.79. The molecule has 0 radical (unpaired) electrons. The van der Waals surface area contributed by atoms with E-state index in [0.29, 0.717) is 11.0 Å². The minimum atomic E-state index is 0.425. The average Bonchev–Trinajstić information content (AvgIpc) is 2.76. The van der Waals surface area contributed by atoms with Crippen LogP contribution in [0.15, 0.2) is 18.3 Å². The fourth-order valence-corrected chi connectivity index (χ4v) is 2.70. The molecule has 1 aromatic heterocycles. The smallest absolute Gasteiger partial charge is 0.139 e. The van der Waals surface area contributed by atoms with Gasteiger partial charge in [0.1, 0.15) is 10.8 Å². The van der Waals surface area contributed by atoms with E-state index in [1.807, 2.05) is 18.3 Å². The minimum absolute atomic E-state index is 0.425. The van der Waals surface area contributed by atoms with E-state index in [-0.39, 0.29) is 0 Å².